The number of halogens is 1. The Labute approximate surface area is 367 Å². The van der Waals surface area contributed by atoms with Crippen LogP contribution in [0.15, 0.2) is 94.9 Å². The molecule has 0 fully saturated rings. The number of rotatable bonds is 10. The fourth-order valence-electron chi connectivity index (χ4n) is 7.63. The molecule has 7 aromatic rings. The number of amides is 1. The summed E-state index contributed by atoms with van der Waals surface area (Å²) >= 11 is 1.60. The Bertz CT molecular complexity index is 3150. The van der Waals surface area contributed by atoms with Crippen LogP contribution in [0.1, 0.15) is 93.5 Å². The lowest BCUT2D eigenvalue weighted by molar-refractivity contribution is -0.155. The van der Waals surface area contributed by atoms with Gasteiger partial charge in [-0.05, 0) is 101 Å². The molecule has 1 aliphatic heterocycles. The van der Waals surface area contributed by atoms with E-state index in [1.54, 1.807) is 66.1 Å². The molecular weight excluding hydrogens is 840 g/mol. The zero-order valence-electron chi connectivity index (χ0n) is 35.5. The van der Waals surface area contributed by atoms with Gasteiger partial charge < -0.3 is 15.0 Å². The highest BCUT2D eigenvalue weighted by atomic mass is 32.2. The molecule has 0 saturated carbocycles. The second-order valence-corrected chi connectivity index (χ2v) is 19.3. The van der Waals surface area contributed by atoms with E-state index in [1.807, 2.05) is 65.2 Å². The lowest BCUT2D eigenvalue weighted by Crippen LogP contribution is -2.25. The summed E-state index contributed by atoms with van der Waals surface area (Å²) in [6, 6.07) is 22.5. The van der Waals surface area contributed by atoms with E-state index in [0.717, 1.165) is 32.1 Å². The third-order valence-corrected chi connectivity index (χ3v) is 13.4. The molecule has 1 atom stereocenters. The van der Waals surface area contributed by atoms with Gasteiger partial charge in [0.15, 0.2) is 5.82 Å². The number of hydrogen-bond acceptors (Lipinski definition) is 10. The molecule has 3 aromatic heterocycles. The molecule has 63 heavy (non-hydrogen) atoms. The van der Waals surface area contributed by atoms with Gasteiger partial charge in [0.05, 0.1) is 33.8 Å². The van der Waals surface area contributed by atoms with Crippen molar-refractivity contribution in [3.8, 4) is 22.2 Å². The second-order valence-electron chi connectivity index (χ2n) is 16.4. The largest absolute Gasteiger partial charge is 0.460 e. The van der Waals surface area contributed by atoms with Crippen LogP contribution >= 0.6 is 11.3 Å². The highest BCUT2D eigenvalue weighted by molar-refractivity contribution is 7.92. The molecule has 16 heteroatoms. The maximum absolute atomic E-state index is 15.8. The molecule has 0 bridgehead atoms. The average molecular weight is 883 g/mol. The van der Waals surface area contributed by atoms with Crippen molar-refractivity contribution in [3.05, 3.63) is 146 Å². The maximum Gasteiger partial charge on any atom is 0.308 e. The molecule has 0 unspecified atom stereocenters. The van der Waals surface area contributed by atoms with Crippen molar-refractivity contribution in [2.45, 2.75) is 78.0 Å². The molecule has 4 aromatic carbocycles. The number of aromatic amines is 1. The number of esters is 1. The Morgan fingerprint density at radius 1 is 0.968 bits per heavy atom. The summed E-state index contributed by atoms with van der Waals surface area (Å²) in [6.07, 6.45) is 1.50. The highest BCUT2D eigenvalue weighted by Gasteiger charge is 2.33. The van der Waals surface area contributed by atoms with Crippen molar-refractivity contribution in [2.75, 3.05) is 4.72 Å². The summed E-state index contributed by atoms with van der Waals surface area (Å²) in [6.45, 7) is 13.3. The first-order valence-electron chi connectivity index (χ1n) is 20.1. The lowest BCUT2D eigenvalue weighted by Gasteiger charge is -2.21. The van der Waals surface area contributed by atoms with E-state index < -0.39 is 39.4 Å². The Morgan fingerprint density at radius 2 is 1.68 bits per heavy atom. The summed E-state index contributed by atoms with van der Waals surface area (Å²) in [5.41, 5.74) is 6.43. The monoisotopic (exact) mass is 882 g/mol. The molecular formula is C47H43FN8O5S2. The Morgan fingerprint density at radius 3 is 2.37 bits per heavy atom. The van der Waals surface area contributed by atoms with Crippen molar-refractivity contribution in [1.29, 1.82) is 5.26 Å². The number of benzene rings is 4. The molecule has 13 nitrogen and oxygen atoms in total. The predicted octanol–water partition coefficient (Wildman–Crippen LogP) is 9.08. The fourth-order valence-corrected chi connectivity index (χ4v) is 9.92. The summed E-state index contributed by atoms with van der Waals surface area (Å²) < 4.78 is 52.6. The van der Waals surface area contributed by atoms with Gasteiger partial charge in [0.25, 0.3) is 15.9 Å². The third kappa shape index (κ3) is 8.37. The number of aromatic nitrogens is 4. The molecule has 0 radical (unpaired) electrons. The Kier molecular flexibility index (Phi) is 11.1. The summed E-state index contributed by atoms with van der Waals surface area (Å²) in [5, 5.41) is 22.6. The number of ether oxygens (including phenoxy) is 1. The van der Waals surface area contributed by atoms with E-state index >= 15 is 4.39 Å². The number of thiophene rings is 1. The first kappa shape index (κ1) is 42.7. The van der Waals surface area contributed by atoms with Gasteiger partial charge >= 0.3 is 5.97 Å². The first-order chi connectivity index (χ1) is 29.9. The van der Waals surface area contributed by atoms with Gasteiger partial charge in [-0.3, -0.25) is 23.9 Å². The molecule has 1 aliphatic rings. The standard InChI is InChI=1S/C47H43FN8O5S2/c1-25-8-19-37(43-40(25)33(22-49)24-50-43)55-63(59,60)34-16-9-29(10-17-34)23-51-45(58)32-15-18-35(36(48)20-32)30-11-13-31(14-12-30)42-41-26(2)27(3)62-46(41)56-28(4)53-54-44(56)38(52-42)21-39(57)61-47(5,6)7/h8-20,24,38,50,55H,21,23H2,1-7H3,(H,51,58)/t38-/m0/s1. The molecule has 3 N–H and O–H groups in total. The van der Waals surface area contributed by atoms with E-state index in [1.165, 1.54) is 18.2 Å². The van der Waals surface area contributed by atoms with Gasteiger partial charge in [-0.15, -0.1) is 21.5 Å². The molecule has 0 saturated heterocycles. The van der Waals surface area contributed by atoms with Crippen molar-refractivity contribution in [2.24, 2.45) is 4.99 Å². The minimum absolute atomic E-state index is 0.00965. The average Bonchev–Trinajstić information content (AvgIpc) is 3.91. The van der Waals surface area contributed by atoms with Crippen LogP contribution in [0, 0.1) is 44.8 Å². The minimum Gasteiger partial charge on any atom is -0.460 e. The molecule has 8 rings (SSSR count). The lowest BCUT2D eigenvalue weighted by atomic mass is 9.96. The molecule has 320 valence electrons. The van der Waals surface area contributed by atoms with E-state index in [4.69, 9.17) is 9.73 Å². The van der Waals surface area contributed by atoms with E-state index in [0.29, 0.717) is 56.2 Å². The first-order valence-corrected chi connectivity index (χ1v) is 22.4. The number of anilines is 1. The quantitative estimate of drug-likeness (QED) is 0.114. The predicted molar refractivity (Wildman–Crippen MR) is 240 cm³/mol. The molecule has 0 spiro atoms. The molecule has 0 aliphatic carbocycles. The number of hydrogen-bond donors (Lipinski definition) is 3. The van der Waals surface area contributed by atoms with E-state index in [2.05, 4.69) is 31.3 Å². The van der Waals surface area contributed by atoms with Gasteiger partial charge in [0.2, 0.25) is 0 Å². The summed E-state index contributed by atoms with van der Waals surface area (Å²) in [5.74, 6) is -0.279. The molecule has 1 amide bonds. The van der Waals surface area contributed by atoms with Crippen molar-refractivity contribution >= 4 is 55.5 Å². The smallest absolute Gasteiger partial charge is 0.308 e. The van der Waals surface area contributed by atoms with Crippen LogP contribution in [-0.4, -0.2) is 51.4 Å². The number of aryl methyl sites for hydroxylation is 3. The van der Waals surface area contributed by atoms with E-state index in [-0.39, 0.29) is 23.4 Å². The van der Waals surface area contributed by atoms with Gasteiger partial charge in [-0.2, -0.15) is 5.26 Å². The van der Waals surface area contributed by atoms with Crippen LogP contribution < -0.4 is 10.0 Å². The Balaban J connectivity index is 0.970. The van der Waals surface area contributed by atoms with Crippen molar-refractivity contribution < 1.29 is 27.1 Å². The van der Waals surface area contributed by atoms with Crippen LogP contribution in [-0.2, 0) is 26.1 Å². The van der Waals surface area contributed by atoms with Crippen LogP contribution in [0.25, 0.3) is 27.0 Å². The number of carbonyl (C=O) groups excluding carboxylic acids is 2. The van der Waals surface area contributed by atoms with Crippen LogP contribution in [0.4, 0.5) is 10.1 Å². The van der Waals surface area contributed by atoms with Crippen molar-refractivity contribution in [1.82, 2.24) is 25.1 Å². The zero-order valence-corrected chi connectivity index (χ0v) is 37.2. The van der Waals surface area contributed by atoms with Gasteiger partial charge in [-0.25, -0.2) is 12.8 Å². The normalized spacial score (nSPS) is 13.7. The van der Waals surface area contributed by atoms with Crippen molar-refractivity contribution in [3.63, 3.8) is 0 Å². The number of fused-ring (bicyclic) bond motifs is 4. The summed E-state index contributed by atoms with van der Waals surface area (Å²) in [4.78, 5) is 35.6. The Hall–Kier alpha value is -6.96. The van der Waals surface area contributed by atoms with Gasteiger partial charge in [0.1, 0.15) is 34.4 Å². The SMILES string of the molecule is Cc1sc2c(c1C)C(c1ccc(-c3ccc(C(=O)NCc4ccc(S(=O)(=O)Nc5ccc(C)c6c(C#N)c[nH]c56)cc4)cc3F)cc1)=N[C@@H](CC(=O)OC(C)(C)C)c1nnc(C)n1-2. The number of H-pyrrole nitrogens is 1. The summed E-state index contributed by atoms with van der Waals surface area (Å²) in [7, 11) is -3.99. The molecule has 4 heterocycles. The number of sulfonamides is 1. The zero-order chi connectivity index (χ0) is 45.0. The number of nitrogens with one attached hydrogen (secondary N) is 3. The minimum atomic E-state index is -3.99. The number of nitrogens with zero attached hydrogens (tertiary/aromatic N) is 5. The number of nitriles is 1. The van der Waals surface area contributed by atoms with Crippen LogP contribution in [0.5, 0.6) is 0 Å². The number of carbonyl (C=O) groups is 2. The highest BCUT2D eigenvalue weighted by Crippen LogP contribution is 2.40. The van der Waals surface area contributed by atoms with E-state index in [9.17, 15) is 23.3 Å². The van der Waals surface area contributed by atoms with Gasteiger partial charge in [0, 0.05) is 45.3 Å². The topological polar surface area (TPSA) is 184 Å². The third-order valence-electron chi connectivity index (χ3n) is 10.8. The maximum atomic E-state index is 15.8. The fraction of sp³-hybridized carbons (Fsp3) is 0.234. The van der Waals surface area contributed by atoms with Crippen LogP contribution in [0.2, 0.25) is 0 Å². The van der Waals surface area contributed by atoms with Crippen LogP contribution in [0.3, 0.4) is 0 Å². The number of aliphatic imine (C=N–C) groups is 1. The van der Waals surface area contributed by atoms with Gasteiger partial charge in [-0.1, -0.05) is 48.5 Å². The second kappa shape index (κ2) is 16.4.